The monoisotopic (exact) mass is 200 g/mol. The Hall–Kier alpha value is -0.610. The molecule has 0 saturated heterocycles. The van der Waals surface area contributed by atoms with E-state index in [2.05, 4.69) is 10.2 Å². The highest BCUT2D eigenvalue weighted by Gasteiger charge is 2.13. The van der Waals surface area contributed by atoms with E-state index in [9.17, 15) is 4.79 Å². The van der Waals surface area contributed by atoms with Crippen molar-refractivity contribution in [1.82, 2.24) is 5.32 Å². The molecule has 0 aromatic rings. The van der Waals surface area contributed by atoms with Gasteiger partial charge in [-0.05, 0) is 12.8 Å². The van der Waals surface area contributed by atoms with Crippen molar-refractivity contribution in [2.75, 3.05) is 6.61 Å². The molecule has 14 heavy (non-hydrogen) atoms. The van der Waals surface area contributed by atoms with Gasteiger partial charge in [0, 0.05) is 6.04 Å². The second kappa shape index (κ2) is 6.79. The highest BCUT2D eigenvalue weighted by atomic mass is 16.6. The number of rotatable bonds is 3. The summed E-state index contributed by atoms with van der Waals surface area (Å²) in [5.41, 5.74) is 0. The molecule has 1 amide bonds. The van der Waals surface area contributed by atoms with Gasteiger partial charge in [-0.15, -0.1) is 0 Å². The van der Waals surface area contributed by atoms with Crippen LogP contribution in [0.5, 0.6) is 0 Å². The van der Waals surface area contributed by atoms with Crippen LogP contribution in [0.15, 0.2) is 0 Å². The van der Waals surface area contributed by atoms with E-state index in [1.807, 2.05) is 0 Å². The normalized spacial score (nSPS) is 19.8. The van der Waals surface area contributed by atoms with Crippen LogP contribution in [0, 0.1) is 0 Å². The Kier molecular flexibility index (Phi) is 5.56. The fraction of sp³-hybridized carbons (Fsp3) is 0.900. The summed E-state index contributed by atoms with van der Waals surface area (Å²) < 4.78 is 0. The van der Waals surface area contributed by atoms with Crippen LogP contribution in [0.3, 0.4) is 0 Å². The number of amides is 1. The van der Waals surface area contributed by atoms with Crippen LogP contribution < -0.4 is 11.2 Å². The van der Waals surface area contributed by atoms with Gasteiger partial charge in [-0.25, -0.2) is 5.90 Å². The number of carbonyl (C=O) groups excluding carboxylic acids is 1. The molecule has 0 spiro atoms. The first-order valence-electron chi connectivity index (χ1n) is 5.44. The lowest BCUT2D eigenvalue weighted by atomic mass is 9.97. The predicted molar refractivity (Wildman–Crippen MR) is 54.4 cm³/mol. The van der Waals surface area contributed by atoms with Gasteiger partial charge in [0.25, 0.3) is 0 Å². The molecule has 1 aliphatic rings. The van der Waals surface area contributed by atoms with Crippen LogP contribution >= 0.6 is 0 Å². The molecule has 1 fully saturated rings. The Balaban J connectivity index is 2.22. The lowest BCUT2D eigenvalue weighted by molar-refractivity contribution is -0.126. The summed E-state index contributed by atoms with van der Waals surface area (Å²) >= 11 is 0. The van der Waals surface area contributed by atoms with E-state index in [-0.39, 0.29) is 12.5 Å². The summed E-state index contributed by atoms with van der Waals surface area (Å²) in [7, 11) is 0. The third-order valence-electron chi connectivity index (χ3n) is 2.68. The number of nitrogens with one attached hydrogen (secondary N) is 1. The SMILES string of the molecule is NOCC(=O)NC1CCCCCCC1. The molecular weight excluding hydrogens is 180 g/mol. The molecule has 0 bridgehead atoms. The van der Waals surface area contributed by atoms with Gasteiger partial charge in [0.15, 0.2) is 0 Å². The van der Waals surface area contributed by atoms with Crippen LogP contribution in [-0.2, 0) is 9.63 Å². The summed E-state index contributed by atoms with van der Waals surface area (Å²) in [6, 6.07) is 0.331. The molecule has 4 heteroatoms. The largest absolute Gasteiger partial charge is 0.351 e. The Morgan fingerprint density at radius 3 is 2.36 bits per heavy atom. The van der Waals surface area contributed by atoms with Crippen LogP contribution in [0.1, 0.15) is 44.9 Å². The van der Waals surface area contributed by atoms with Gasteiger partial charge in [-0.3, -0.25) is 9.63 Å². The Morgan fingerprint density at radius 2 is 1.79 bits per heavy atom. The van der Waals surface area contributed by atoms with Gasteiger partial charge in [0.05, 0.1) is 0 Å². The van der Waals surface area contributed by atoms with Crippen molar-refractivity contribution in [3.05, 3.63) is 0 Å². The molecule has 0 unspecified atom stereocenters. The second-order valence-corrected chi connectivity index (χ2v) is 3.92. The van der Waals surface area contributed by atoms with Crippen LogP contribution in [0.2, 0.25) is 0 Å². The van der Waals surface area contributed by atoms with Crippen LogP contribution in [0.4, 0.5) is 0 Å². The number of hydrogen-bond acceptors (Lipinski definition) is 3. The molecule has 1 saturated carbocycles. The zero-order chi connectivity index (χ0) is 10.2. The Labute approximate surface area is 85.1 Å². The van der Waals surface area contributed by atoms with Crippen molar-refractivity contribution in [2.24, 2.45) is 5.90 Å². The maximum atomic E-state index is 11.2. The summed E-state index contributed by atoms with van der Waals surface area (Å²) in [6.45, 7) is -0.0312. The standard InChI is InChI=1S/C10H20N2O2/c11-14-8-10(13)12-9-6-4-2-1-3-5-7-9/h9H,1-8,11H2,(H,12,13). The van der Waals surface area contributed by atoms with Gasteiger partial charge in [-0.1, -0.05) is 32.1 Å². The van der Waals surface area contributed by atoms with Crippen molar-refractivity contribution in [1.29, 1.82) is 0 Å². The fourth-order valence-corrected chi connectivity index (χ4v) is 1.95. The number of nitrogens with two attached hydrogens (primary N) is 1. The second-order valence-electron chi connectivity index (χ2n) is 3.92. The van der Waals surface area contributed by atoms with Crippen LogP contribution in [0.25, 0.3) is 0 Å². The van der Waals surface area contributed by atoms with Crippen molar-refractivity contribution >= 4 is 5.91 Å². The molecule has 1 rings (SSSR count). The number of carbonyl (C=O) groups is 1. The predicted octanol–water partition coefficient (Wildman–Crippen LogP) is 1.11. The van der Waals surface area contributed by atoms with Gasteiger partial charge in [-0.2, -0.15) is 0 Å². The molecule has 0 atom stereocenters. The Bertz CT molecular complexity index is 166. The van der Waals surface area contributed by atoms with E-state index in [0.717, 1.165) is 12.8 Å². The smallest absolute Gasteiger partial charge is 0.248 e. The summed E-state index contributed by atoms with van der Waals surface area (Å²) in [4.78, 5) is 15.5. The first-order chi connectivity index (χ1) is 6.83. The van der Waals surface area contributed by atoms with Crippen molar-refractivity contribution in [3.63, 3.8) is 0 Å². The average Bonchev–Trinajstić information content (AvgIpc) is 2.10. The number of hydrogen-bond donors (Lipinski definition) is 2. The van der Waals surface area contributed by atoms with Crippen molar-refractivity contribution < 1.29 is 9.63 Å². The molecule has 0 aliphatic heterocycles. The van der Waals surface area contributed by atoms with Crippen molar-refractivity contribution in [3.8, 4) is 0 Å². The summed E-state index contributed by atoms with van der Waals surface area (Å²) in [5, 5.41) is 2.94. The first kappa shape index (κ1) is 11.5. The maximum absolute atomic E-state index is 11.2. The zero-order valence-electron chi connectivity index (χ0n) is 8.63. The summed E-state index contributed by atoms with van der Waals surface area (Å²) in [6.07, 6.45) is 8.54. The first-order valence-corrected chi connectivity index (χ1v) is 5.44. The zero-order valence-corrected chi connectivity index (χ0v) is 8.63. The molecule has 0 aromatic heterocycles. The van der Waals surface area contributed by atoms with Gasteiger partial charge < -0.3 is 5.32 Å². The lowest BCUT2D eigenvalue weighted by Gasteiger charge is -2.20. The van der Waals surface area contributed by atoms with E-state index in [1.54, 1.807) is 0 Å². The van der Waals surface area contributed by atoms with E-state index in [0.29, 0.717) is 6.04 Å². The molecule has 1 aliphatic carbocycles. The van der Waals surface area contributed by atoms with Gasteiger partial charge in [0.1, 0.15) is 6.61 Å². The molecule has 0 heterocycles. The molecular formula is C10H20N2O2. The topological polar surface area (TPSA) is 64.3 Å². The highest BCUT2D eigenvalue weighted by molar-refractivity contribution is 5.77. The molecule has 0 aromatic carbocycles. The minimum atomic E-state index is -0.0990. The van der Waals surface area contributed by atoms with E-state index < -0.39 is 0 Å². The van der Waals surface area contributed by atoms with Gasteiger partial charge in [0.2, 0.25) is 5.91 Å². The molecule has 4 nitrogen and oxygen atoms in total. The van der Waals surface area contributed by atoms with E-state index in [4.69, 9.17) is 5.90 Å². The minimum Gasteiger partial charge on any atom is -0.351 e. The lowest BCUT2D eigenvalue weighted by Crippen LogP contribution is -2.38. The quantitative estimate of drug-likeness (QED) is 0.671. The molecule has 0 radical (unpaired) electrons. The van der Waals surface area contributed by atoms with E-state index >= 15 is 0 Å². The fourth-order valence-electron chi connectivity index (χ4n) is 1.95. The third-order valence-corrected chi connectivity index (χ3v) is 2.68. The minimum absolute atomic E-state index is 0.0312. The van der Waals surface area contributed by atoms with Gasteiger partial charge >= 0.3 is 0 Å². The average molecular weight is 200 g/mol. The molecule has 3 N–H and O–H groups in total. The Morgan fingerprint density at radius 1 is 1.21 bits per heavy atom. The maximum Gasteiger partial charge on any atom is 0.248 e. The molecule has 82 valence electrons. The third kappa shape index (κ3) is 4.58. The van der Waals surface area contributed by atoms with E-state index in [1.165, 1.54) is 32.1 Å². The highest BCUT2D eigenvalue weighted by Crippen LogP contribution is 2.16. The summed E-state index contributed by atoms with van der Waals surface area (Å²) in [5.74, 6) is 4.73. The van der Waals surface area contributed by atoms with Crippen molar-refractivity contribution in [2.45, 2.75) is 51.0 Å². The van der Waals surface area contributed by atoms with Crippen LogP contribution in [-0.4, -0.2) is 18.6 Å².